The van der Waals surface area contributed by atoms with Crippen molar-refractivity contribution in [2.75, 3.05) is 39.5 Å². The van der Waals surface area contributed by atoms with Crippen LogP contribution in [0, 0.1) is 5.92 Å². The quantitative estimate of drug-likeness (QED) is 0.349. The van der Waals surface area contributed by atoms with Crippen molar-refractivity contribution in [1.82, 2.24) is 14.6 Å². The third kappa shape index (κ3) is 6.60. The van der Waals surface area contributed by atoms with E-state index in [1.807, 2.05) is 13.8 Å². The van der Waals surface area contributed by atoms with E-state index in [0.29, 0.717) is 37.2 Å². The summed E-state index contributed by atoms with van der Waals surface area (Å²) in [4.78, 5) is 28.0. The first-order valence-corrected chi connectivity index (χ1v) is 17.1. The smallest absolute Gasteiger partial charge is 0.328 e. The standard InChI is InChI=1S/C26H40N5O7PS/c1-5-8-21-23-24(30(4)29-21)26(32)28-25(27-23)20-16-19(9-10-22(20)37-15-6-2)40(35,36)31-13-11-18(12-14-31)17-39(33,34)38-7-3/h9-10,16,18,23-24H,5-8,11-15,17H2,1-4H3,(H,33,34)(H,27,28,32). The Morgan fingerprint density at radius 1 is 1.18 bits per heavy atom. The molecule has 1 aromatic rings. The first-order valence-electron chi connectivity index (χ1n) is 13.9. The molecule has 40 heavy (non-hydrogen) atoms. The minimum Gasteiger partial charge on any atom is -0.493 e. The van der Waals surface area contributed by atoms with Crippen LogP contribution in [0.5, 0.6) is 5.75 Å². The Hall–Kier alpha value is -2.31. The van der Waals surface area contributed by atoms with E-state index in [-0.39, 0.29) is 48.4 Å². The molecular formula is C26H40N5O7PS. The van der Waals surface area contributed by atoms with Crippen LogP contribution in [0.15, 0.2) is 33.2 Å². The maximum Gasteiger partial charge on any atom is 0.328 e. The molecule has 4 rings (SSSR count). The summed E-state index contributed by atoms with van der Waals surface area (Å²) in [5.41, 5.74) is 1.22. The molecule has 3 unspecified atom stereocenters. The van der Waals surface area contributed by atoms with Gasteiger partial charge in [0.05, 0.1) is 35.5 Å². The summed E-state index contributed by atoms with van der Waals surface area (Å²) in [5, 5.41) is 9.03. The number of hydrazone groups is 1. The van der Waals surface area contributed by atoms with Gasteiger partial charge in [0, 0.05) is 20.1 Å². The second-order valence-electron chi connectivity index (χ2n) is 10.4. The van der Waals surface area contributed by atoms with Crippen LogP contribution in [0.3, 0.4) is 0 Å². The highest BCUT2D eigenvalue weighted by Gasteiger charge is 2.44. The molecule has 12 nitrogen and oxygen atoms in total. The second kappa shape index (κ2) is 12.7. The third-order valence-corrected chi connectivity index (χ3v) is 10.8. The highest BCUT2D eigenvalue weighted by Crippen LogP contribution is 2.45. The number of amidine groups is 1. The van der Waals surface area contributed by atoms with Gasteiger partial charge in [0.15, 0.2) is 6.04 Å². The third-order valence-electron chi connectivity index (χ3n) is 7.31. The fourth-order valence-electron chi connectivity index (χ4n) is 5.38. The maximum atomic E-state index is 13.7. The van der Waals surface area contributed by atoms with Gasteiger partial charge in [-0.1, -0.05) is 20.3 Å². The molecule has 0 aromatic heterocycles. The normalized spacial score (nSPS) is 23.7. The number of likely N-dealkylation sites (N-methyl/N-ethyl adjacent to an activating group) is 1. The topological polar surface area (TPSA) is 150 Å². The Labute approximate surface area is 236 Å². The molecule has 1 fully saturated rings. The molecule has 0 bridgehead atoms. The average molecular weight is 598 g/mol. The number of nitrogens with one attached hydrogen (secondary N) is 1. The van der Waals surface area contributed by atoms with Gasteiger partial charge in [0.2, 0.25) is 10.0 Å². The molecule has 3 heterocycles. The van der Waals surface area contributed by atoms with Gasteiger partial charge in [0.1, 0.15) is 17.6 Å². The summed E-state index contributed by atoms with van der Waals surface area (Å²) in [5.74, 6) is 0.351. The van der Waals surface area contributed by atoms with Gasteiger partial charge in [-0.2, -0.15) is 9.41 Å². The first-order chi connectivity index (χ1) is 19.0. The summed E-state index contributed by atoms with van der Waals surface area (Å²) in [6.45, 7) is 6.70. The van der Waals surface area contributed by atoms with Crippen molar-refractivity contribution in [2.45, 2.75) is 69.9 Å². The van der Waals surface area contributed by atoms with E-state index in [1.54, 1.807) is 25.0 Å². The van der Waals surface area contributed by atoms with Gasteiger partial charge in [-0.05, 0) is 56.7 Å². The minimum atomic E-state index is -3.88. The average Bonchev–Trinajstić information content (AvgIpc) is 3.22. The number of sulfonamides is 1. The number of amides is 1. The summed E-state index contributed by atoms with van der Waals surface area (Å²) >= 11 is 0. The lowest BCUT2D eigenvalue weighted by molar-refractivity contribution is -0.124. The van der Waals surface area contributed by atoms with Crippen LogP contribution in [0.25, 0.3) is 0 Å². The Kier molecular flexibility index (Phi) is 9.72. The van der Waals surface area contributed by atoms with Crippen molar-refractivity contribution in [3.63, 3.8) is 0 Å². The van der Waals surface area contributed by atoms with Gasteiger partial charge < -0.3 is 19.5 Å². The van der Waals surface area contributed by atoms with E-state index < -0.39 is 29.7 Å². The molecule has 1 aromatic carbocycles. The largest absolute Gasteiger partial charge is 0.493 e. The van der Waals surface area contributed by atoms with Gasteiger partial charge in [-0.15, -0.1) is 0 Å². The number of aliphatic imine (C=N–C) groups is 1. The van der Waals surface area contributed by atoms with Gasteiger partial charge >= 0.3 is 7.60 Å². The van der Waals surface area contributed by atoms with E-state index >= 15 is 0 Å². The van der Waals surface area contributed by atoms with Crippen molar-refractivity contribution in [2.24, 2.45) is 16.0 Å². The molecule has 3 aliphatic rings. The number of carbonyl (C=O) groups is 1. The number of hydrogen-bond donors (Lipinski definition) is 2. The zero-order chi connectivity index (χ0) is 29.1. The van der Waals surface area contributed by atoms with Crippen LogP contribution in [0.4, 0.5) is 0 Å². The molecule has 14 heteroatoms. The molecule has 3 atom stereocenters. The minimum absolute atomic E-state index is 0.0164. The number of ether oxygens (including phenoxy) is 1. The summed E-state index contributed by atoms with van der Waals surface area (Å²) in [7, 11) is -5.81. The van der Waals surface area contributed by atoms with Gasteiger partial charge in [-0.3, -0.25) is 19.4 Å². The van der Waals surface area contributed by atoms with Crippen LogP contribution in [-0.2, 0) is 23.9 Å². The Bertz CT molecular complexity index is 1310. The highest BCUT2D eigenvalue weighted by atomic mass is 32.2. The molecule has 0 saturated carbocycles. The summed E-state index contributed by atoms with van der Waals surface area (Å²) in [6, 6.07) is 3.63. The SMILES string of the molecule is CCCOc1ccc(S(=O)(=O)N2CCC(CP(=O)(O)OCC)CC2)cc1C1=NC2C(CCC)=NN(C)C2C(=O)N1. The Morgan fingerprint density at radius 3 is 2.55 bits per heavy atom. The van der Waals surface area contributed by atoms with Crippen LogP contribution < -0.4 is 10.1 Å². The van der Waals surface area contributed by atoms with E-state index in [0.717, 1.165) is 18.6 Å². The van der Waals surface area contributed by atoms with Crippen molar-refractivity contribution < 1.29 is 31.9 Å². The van der Waals surface area contributed by atoms with Crippen LogP contribution in [-0.4, -0.2) is 91.7 Å². The molecule has 0 spiro atoms. The van der Waals surface area contributed by atoms with Crippen molar-refractivity contribution in [1.29, 1.82) is 0 Å². The van der Waals surface area contributed by atoms with Gasteiger partial charge in [-0.25, -0.2) is 8.42 Å². The van der Waals surface area contributed by atoms with Crippen molar-refractivity contribution >= 4 is 35.1 Å². The Balaban J connectivity index is 1.61. The predicted octanol–water partition coefficient (Wildman–Crippen LogP) is 2.81. The number of fused-ring (bicyclic) bond motifs is 1. The number of rotatable bonds is 12. The molecular weight excluding hydrogens is 557 g/mol. The predicted molar refractivity (Wildman–Crippen MR) is 152 cm³/mol. The van der Waals surface area contributed by atoms with Crippen LogP contribution in [0.2, 0.25) is 0 Å². The van der Waals surface area contributed by atoms with Crippen molar-refractivity contribution in [3.05, 3.63) is 23.8 Å². The van der Waals surface area contributed by atoms with Gasteiger partial charge in [0.25, 0.3) is 5.91 Å². The number of nitrogens with zero attached hydrogens (tertiary/aromatic N) is 4. The lowest BCUT2D eigenvalue weighted by atomic mass is 9.98. The van der Waals surface area contributed by atoms with Crippen LogP contribution >= 0.6 is 7.60 Å². The summed E-state index contributed by atoms with van der Waals surface area (Å²) in [6.07, 6.45) is 3.25. The maximum absolute atomic E-state index is 13.7. The first kappa shape index (κ1) is 30.6. The molecule has 0 radical (unpaired) electrons. The molecule has 1 saturated heterocycles. The van der Waals surface area contributed by atoms with E-state index in [2.05, 4.69) is 10.4 Å². The van der Waals surface area contributed by atoms with E-state index in [1.165, 1.54) is 16.4 Å². The highest BCUT2D eigenvalue weighted by molar-refractivity contribution is 7.89. The molecule has 2 N–H and O–H groups in total. The van der Waals surface area contributed by atoms with Crippen LogP contribution in [0.1, 0.15) is 58.4 Å². The fourth-order valence-corrected chi connectivity index (χ4v) is 8.40. The molecule has 0 aliphatic carbocycles. The molecule has 222 valence electrons. The zero-order valence-electron chi connectivity index (χ0n) is 23.6. The number of benzene rings is 1. The molecule has 1 amide bonds. The number of piperidine rings is 1. The lowest BCUT2D eigenvalue weighted by Crippen LogP contribution is -2.54. The fraction of sp³-hybridized carbons (Fsp3) is 0.654. The summed E-state index contributed by atoms with van der Waals surface area (Å²) < 4.78 is 51.8. The monoisotopic (exact) mass is 597 g/mol. The lowest BCUT2D eigenvalue weighted by Gasteiger charge is -2.32. The molecule has 3 aliphatic heterocycles. The zero-order valence-corrected chi connectivity index (χ0v) is 25.3. The number of carbonyl (C=O) groups excluding carboxylic acids is 1. The second-order valence-corrected chi connectivity index (χ2v) is 14.2. The number of hydrogen-bond acceptors (Lipinski definition) is 9. The Morgan fingerprint density at radius 2 is 1.90 bits per heavy atom. The van der Waals surface area contributed by atoms with E-state index in [9.17, 15) is 22.7 Å². The van der Waals surface area contributed by atoms with Crippen molar-refractivity contribution in [3.8, 4) is 5.75 Å². The van der Waals surface area contributed by atoms with E-state index in [4.69, 9.17) is 14.3 Å².